The number of carbonyl (C=O) groups is 1. The molecule has 3 rings (SSSR count). The number of carbonyl (C=O) groups excluding carboxylic acids is 1. The highest BCUT2D eigenvalue weighted by Gasteiger charge is 2.23. The van der Waals surface area contributed by atoms with E-state index in [1.807, 2.05) is 30.3 Å². The largest absolute Gasteiger partial charge is 0.497 e. The first kappa shape index (κ1) is 21.0. The van der Waals surface area contributed by atoms with Crippen LogP contribution >= 0.6 is 0 Å². The zero-order chi connectivity index (χ0) is 20.6. The molecule has 1 aliphatic heterocycles. The molecular weight excluding hydrogens is 368 g/mol. The van der Waals surface area contributed by atoms with Crippen LogP contribution < -0.4 is 19.9 Å². The molecule has 1 heterocycles. The van der Waals surface area contributed by atoms with E-state index in [1.165, 1.54) is 24.8 Å². The van der Waals surface area contributed by atoms with E-state index in [0.717, 1.165) is 30.8 Å². The molecule has 1 amide bonds. The van der Waals surface area contributed by atoms with Crippen LogP contribution in [0.25, 0.3) is 0 Å². The van der Waals surface area contributed by atoms with Crippen molar-refractivity contribution < 1.29 is 19.0 Å². The van der Waals surface area contributed by atoms with Gasteiger partial charge in [0.25, 0.3) is 5.91 Å². The van der Waals surface area contributed by atoms with Crippen molar-refractivity contribution in [2.75, 3.05) is 27.4 Å². The van der Waals surface area contributed by atoms with Gasteiger partial charge in [-0.2, -0.15) is 0 Å². The van der Waals surface area contributed by atoms with Gasteiger partial charge in [-0.25, -0.2) is 0 Å². The van der Waals surface area contributed by atoms with Crippen LogP contribution in [0.5, 0.6) is 17.2 Å². The quantitative estimate of drug-likeness (QED) is 0.734. The highest BCUT2D eigenvalue weighted by atomic mass is 16.5. The molecule has 0 unspecified atom stereocenters. The molecule has 156 valence electrons. The summed E-state index contributed by atoms with van der Waals surface area (Å²) in [6, 6.07) is 14.6. The number of amides is 1. The molecule has 6 heteroatoms. The molecule has 2 aromatic carbocycles. The lowest BCUT2D eigenvalue weighted by molar-refractivity contribution is -0.119. The SMILES string of the molecule is COc1ccc([C@H]2CCCCCN2Cc2ccc(OCC(N)=O)c(OC)c2)cc1. The average molecular weight is 399 g/mol. The van der Waals surface area contributed by atoms with E-state index < -0.39 is 5.91 Å². The van der Waals surface area contributed by atoms with E-state index in [9.17, 15) is 4.79 Å². The van der Waals surface area contributed by atoms with Gasteiger partial charge in [-0.15, -0.1) is 0 Å². The van der Waals surface area contributed by atoms with Crippen molar-refractivity contribution in [2.24, 2.45) is 5.73 Å². The van der Waals surface area contributed by atoms with E-state index in [4.69, 9.17) is 19.9 Å². The minimum absolute atomic E-state index is 0.165. The van der Waals surface area contributed by atoms with Crippen LogP contribution in [0.1, 0.15) is 42.9 Å². The lowest BCUT2D eigenvalue weighted by atomic mass is 10.00. The number of likely N-dealkylation sites (tertiary alicyclic amines) is 1. The van der Waals surface area contributed by atoms with Crippen LogP contribution in [0.3, 0.4) is 0 Å². The topological polar surface area (TPSA) is 74.0 Å². The van der Waals surface area contributed by atoms with Gasteiger partial charge in [0.05, 0.1) is 14.2 Å². The third kappa shape index (κ3) is 5.64. The van der Waals surface area contributed by atoms with Crippen LogP contribution in [0.15, 0.2) is 42.5 Å². The van der Waals surface area contributed by atoms with Crippen LogP contribution in [-0.2, 0) is 11.3 Å². The molecule has 1 saturated heterocycles. The summed E-state index contributed by atoms with van der Waals surface area (Å²) >= 11 is 0. The monoisotopic (exact) mass is 398 g/mol. The first-order valence-electron chi connectivity index (χ1n) is 10.1. The molecule has 0 spiro atoms. The molecule has 6 nitrogen and oxygen atoms in total. The standard InChI is InChI=1S/C23H30N2O4/c1-27-19-10-8-18(9-11-19)20-6-4-3-5-13-25(20)15-17-7-12-21(22(14-17)28-2)29-16-23(24)26/h7-12,14,20H,3-6,13,15-16H2,1-2H3,(H2,24,26)/t20-/m1/s1. The van der Waals surface area contributed by atoms with Crippen LogP contribution in [-0.4, -0.2) is 38.2 Å². The molecule has 1 fully saturated rings. The first-order valence-corrected chi connectivity index (χ1v) is 10.1. The summed E-state index contributed by atoms with van der Waals surface area (Å²) in [7, 11) is 3.29. The molecule has 0 aromatic heterocycles. The molecule has 1 aliphatic rings. The van der Waals surface area contributed by atoms with Gasteiger partial charge in [0, 0.05) is 12.6 Å². The molecule has 0 bridgehead atoms. The Labute approximate surface area is 172 Å². The maximum Gasteiger partial charge on any atom is 0.255 e. The van der Waals surface area contributed by atoms with Gasteiger partial charge in [0.1, 0.15) is 5.75 Å². The van der Waals surface area contributed by atoms with E-state index >= 15 is 0 Å². The van der Waals surface area contributed by atoms with Gasteiger partial charge in [0.15, 0.2) is 18.1 Å². The van der Waals surface area contributed by atoms with Gasteiger partial charge < -0.3 is 19.9 Å². The van der Waals surface area contributed by atoms with Crippen LogP contribution in [0.2, 0.25) is 0 Å². The van der Waals surface area contributed by atoms with Gasteiger partial charge in [-0.3, -0.25) is 9.69 Å². The van der Waals surface area contributed by atoms with Crippen molar-refractivity contribution in [3.8, 4) is 17.2 Å². The third-order valence-electron chi connectivity index (χ3n) is 5.35. The van der Waals surface area contributed by atoms with Crippen LogP contribution in [0, 0.1) is 0 Å². The summed E-state index contributed by atoms with van der Waals surface area (Å²) in [5.74, 6) is 1.51. The second-order valence-electron chi connectivity index (χ2n) is 7.35. The molecule has 0 saturated carbocycles. The Balaban J connectivity index is 1.78. The minimum Gasteiger partial charge on any atom is -0.497 e. The average Bonchev–Trinajstić information content (AvgIpc) is 2.98. The lowest BCUT2D eigenvalue weighted by Crippen LogP contribution is -2.28. The molecular formula is C23H30N2O4. The summed E-state index contributed by atoms with van der Waals surface area (Å²) in [6.07, 6.45) is 4.83. The first-order chi connectivity index (χ1) is 14.1. The van der Waals surface area contributed by atoms with Gasteiger partial charge >= 0.3 is 0 Å². The van der Waals surface area contributed by atoms with E-state index in [-0.39, 0.29) is 6.61 Å². The van der Waals surface area contributed by atoms with E-state index in [1.54, 1.807) is 14.2 Å². The summed E-state index contributed by atoms with van der Waals surface area (Å²) in [5, 5.41) is 0. The van der Waals surface area contributed by atoms with Crippen molar-refractivity contribution in [3.05, 3.63) is 53.6 Å². The number of methoxy groups -OCH3 is 2. The smallest absolute Gasteiger partial charge is 0.255 e. The number of nitrogens with two attached hydrogens (primary N) is 1. The van der Waals surface area contributed by atoms with Crippen molar-refractivity contribution >= 4 is 5.91 Å². The predicted molar refractivity (Wildman–Crippen MR) is 112 cm³/mol. The fraction of sp³-hybridized carbons (Fsp3) is 0.435. The molecule has 1 atom stereocenters. The number of benzene rings is 2. The Morgan fingerprint density at radius 3 is 2.52 bits per heavy atom. The zero-order valence-electron chi connectivity index (χ0n) is 17.2. The Morgan fingerprint density at radius 2 is 1.83 bits per heavy atom. The number of hydrogen-bond donors (Lipinski definition) is 1. The molecule has 2 aromatic rings. The number of rotatable bonds is 8. The highest BCUT2D eigenvalue weighted by molar-refractivity contribution is 5.75. The van der Waals surface area contributed by atoms with Crippen LogP contribution in [0.4, 0.5) is 0 Å². The van der Waals surface area contributed by atoms with Crippen molar-refractivity contribution in [3.63, 3.8) is 0 Å². The Hall–Kier alpha value is -2.73. The number of ether oxygens (including phenoxy) is 3. The van der Waals surface area contributed by atoms with Gasteiger partial charge in [-0.1, -0.05) is 31.0 Å². The molecule has 2 N–H and O–H groups in total. The molecule has 29 heavy (non-hydrogen) atoms. The summed E-state index contributed by atoms with van der Waals surface area (Å²) in [4.78, 5) is 13.5. The van der Waals surface area contributed by atoms with E-state index in [0.29, 0.717) is 17.5 Å². The van der Waals surface area contributed by atoms with E-state index in [2.05, 4.69) is 17.0 Å². The summed E-state index contributed by atoms with van der Waals surface area (Å²) < 4.78 is 16.2. The van der Waals surface area contributed by atoms with Crippen molar-refractivity contribution in [2.45, 2.75) is 38.3 Å². The molecule has 0 aliphatic carbocycles. The Bertz CT molecular complexity index is 807. The second kappa shape index (κ2) is 10.2. The van der Waals surface area contributed by atoms with Gasteiger partial charge in [0.2, 0.25) is 0 Å². The Morgan fingerprint density at radius 1 is 1.03 bits per heavy atom. The fourth-order valence-electron chi connectivity index (χ4n) is 3.87. The number of hydrogen-bond acceptors (Lipinski definition) is 5. The molecule has 0 radical (unpaired) electrons. The predicted octanol–water partition coefficient (Wildman–Crippen LogP) is 3.69. The summed E-state index contributed by atoms with van der Waals surface area (Å²) in [6.45, 7) is 1.71. The number of primary amides is 1. The minimum atomic E-state index is -0.511. The maximum absolute atomic E-state index is 11.0. The fourth-order valence-corrected chi connectivity index (χ4v) is 3.87. The second-order valence-corrected chi connectivity index (χ2v) is 7.35. The Kier molecular flexibility index (Phi) is 7.36. The lowest BCUT2D eigenvalue weighted by Gasteiger charge is -2.30. The van der Waals surface area contributed by atoms with Crippen molar-refractivity contribution in [1.82, 2.24) is 4.90 Å². The summed E-state index contributed by atoms with van der Waals surface area (Å²) in [5.41, 5.74) is 7.64. The third-order valence-corrected chi connectivity index (χ3v) is 5.35. The van der Waals surface area contributed by atoms with Crippen molar-refractivity contribution in [1.29, 1.82) is 0 Å². The zero-order valence-corrected chi connectivity index (χ0v) is 17.2. The highest BCUT2D eigenvalue weighted by Crippen LogP contribution is 2.34. The maximum atomic E-state index is 11.0. The number of nitrogens with zero attached hydrogens (tertiary/aromatic N) is 1. The van der Waals surface area contributed by atoms with Gasteiger partial charge in [-0.05, 0) is 54.8 Å². The normalized spacial score (nSPS) is 17.4.